The molecule has 0 aliphatic carbocycles. The number of nitrogens with zero attached hydrogens (tertiary/aromatic N) is 2. The standard InChI is InChI=1S/C11H14BrN3O/c1-7(13-2)11-14-10(12)9-8(16-3)5-4-6-15(9)11/h4-7,13H,1-3H3. The van der Waals surface area contributed by atoms with Gasteiger partial charge in [0.2, 0.25) is 0 Å². The molecule has 0 amide bonds. The average molecular weight is 284 g/mol. The van der Waals surface area contributed by atoms with Gasteiger partial charge in [0.1, 0.15) is 21.7 Å². The molecule has 86 valence electrons. The summed E-state index contributed by atoms with van der Waals surface area (Å²) in [6, 6.07) is 4.06. The highest BCUT2D eigenvalue weighted by molar-refractivity contribution is 9.10. The van der Waals surface area contributed by atoms with Gasteiger partial charge in [-0.25, -0.2) is 4.98 Å². The fourth-order valence-corrected chi connectivity index (χ4v) is 2.26. The van der Waals surface area contributed by atoms with Crippen molar-refractivity contribution in [2.75, 3.05) is 14.2 Å². The first kappa shape index (κ1) is 11.4. The summed E-state index contributed by atoms with van der Waals surface area (Å²) in [5.41, 5.74) is 0.960. The van der Waals surface area contributed by atoms with Crippen LogP contribution in [0, 0.1) is 0 Å². The zero-order valence-electron chi connectivity index (χ0n) is 9.49. The van der Waals surface area contributed by atoms with Gasteiger partial charge in [0.15, 0.2) is 0 Å². The van der Waals surface area contributed by atoms with E-state index in [9.17, 15) is 0 Å². The van der Waals surface area contributed by atoms with Crippen LogP contribution in [-0.4, -0.2) is 23.5 Å². The lowest BCUT2D eigenvalue weighted by atomic mass is 10.3. The number of fused-ring (bicyclic) bond motifs is 1. The molecule has 1 unspecified atom stereocenters. The van der Waals surface area contributed by atoms with Crippen molar-refractivity contribution in [2.24, 2.45) is 0 Å². The van der Waals surface area contributed by atoms with Gasteiger partial charge in [-0.15, -0.1) is 0 Å². The maximum Gasteiger partial charge on any atom is 0.145 e. The molecular weight excluding hydrogens is 270 g/mol. The van der Waals surface area contributed by atoms with E-state index < -0.39 is 0 Å². The van der Waals surface area contributed by atoms with Crippen LogP contribution in [0.3, 0.4) is 0 Å². The van der Waals surface area contributed by atoms with Crippen LogP contribution in [0.25, 0.3) is 5.52 Å². The molecule has 5 heteroatoms. The number of hydrogen-bond donors (Lipinski definition) is 1. The van der Waals surface area contributed by atoms with Crippen LogP contribution in [-0.2, 0) is 0 Å². The third-order valence-corrected chi connectivity index (χ3v) is 3.21. The molecule has 2 aromatic rings. The van der Waals surface area contributed by atoms with Gasteiger partial charge in [-0.1, -0.05) is 0 Å². The second-order valence-electron chi connectivity index (χ2n) is 3.57. The van der Waals surface area contributed by atoms with Crippen molar-refractivity contribution in [1.82, 2.24) is 14.7 Å². The minimum absolute atomic E-state index is 0.186. The molecule has 0 aromatic carbocycles. The number of aromatic nitrogens is 2. The maximum absolute atomic E-state index is 5.32. The van der Waals surface area contributed by atoms with Gasteiger partial charge in [-0.3, -0.25) is 4.40 Å². The number of halogens is 1. The SMILES string of the molecule is CNC(C)c1nc(Br)c2c(OC)cccn12. The molecular formula is C11H14BrN3O. The molecule has 1 N–H and O–H groups in total. The lowest BCUT2D eigenvalue weighted by molar-refractivity contribution is 0.417. The van der Waals surface area contributed by atoms with E-state index in [1.165, 1.54) is 0 Å². The van der Waals surface area contributed by atoms with E-state index in [1.54, 1.807) is 7.11 Å². The molecule has 0 radical (unpaired) electrons. The molecule has 0 spiro atoms. The van der Waals surface area contributed by atoms with E-state index in [0.717, 1.165) is 21.7 Å². The molecule has 2 rings (SSSR count). The van der Waals surface area contributed by atoms with Crippen molar-refractivity contribution in [2.45, 2.75) is 13.0 Å². The fraction of sp³-hybridized carbons (Fsp3) is 0.364. The Labute approximate surface area is 103 Å². The largest absolute Gasteiger partial charge is 0.494 e. The predicted molar refractivity (Wildman–Crippen MR) is 66.9 cm³/mol. The highest BCUT2D eigenvalue weighted by atomic mass is 79.9. The molecule has 2 aromatic heterocycles. The van der Waals surface area contributed by atoms with Crippen molar-refractivity contribution in [1.29, 1.82) is 0 Å². The Morgan fingerprint density at radius 2 is 2.31 bits per heavy atom. The number of rotatable bonds is 3. The molecule has 0 aliphatic heterocycles. The Kier molecular flexibility index (Phi) is 3.16. The van der Waals surface area contributed by atoms with Crippen LogP contribution >= 0.6 is 15.9 Å². The van der Waals surface area contributed by atoms with Crippen LogP contribution in [0.1, 0.15) is 18.8 Å². The highest BCUT2D eigenvalue weighted by Crippen LogP contribution is 2.29. The molecule has 0 saturated heterocycles. The van der Waals surface area contributed by atoms with E-state index in [4.69, 9.17) is 4.74 Å². The van der Waals surface area contributed by atoms with E-state index in [0.29, 0.717) is 0 Å². The van der Waals surface area contributed by atoms with Crippen molar-refractivity contribution in [3.05, 3.63) is 28.8 Å². The van der Waals surface area contributed by atoms with Gasteiger partial charge in [0, 0.05) is 6.20 Å². The van der Waals surface area contributed by atoms with E-state index in [-0.39, 0.29) is 6.04 Å². The fourth-order valence-electron chi connectivity index (χ4n) is 1.69. The third kappa shape index (κ3) is 1.70. The molecule has 0 aliphatic rings. The average Bonchev–Trinajstić information content (AvgIpc) is 2.66. The van der Waals surface area contributed by atoms with Gasteiger partial charge >= 0.3 is 0 Å². The quantitative estimate of drug-likeness (QED) is 0.940. The third-order valence-electron chi connectivity index (χ3n) is 2.65. The van der Waals surface area contributed by atoms with Crippen molar-refractivity contribution < 1.29 is 4.74 Å². The molecule has 1 atom stereocenters. The smallest absolute Gasteiger partial charge is 0.145 e. The van der Waals surface area contributed by atoms with Crippen LogP contribution in [0.5, 0.6) is 5.75 Å². The molecule has 4 nitrogen and oxygen atoms in total. The molecule has 16 heavy (non-hydrogen) atoms. The number of methoxy groups -OCH3 is 1. The summed E-state index contributed by atoms with van der Waals surface area (Å²) in [5, 5.41) is 3.18. The van der Waals surface area contributed by atoms with Crippen molar-refractivity contribution in [3.8, 4) is 5.75 Å². The summed E-state index contributed by atoms with van der Waals surface area (Å²) in [5.74, 6) is 1.78. The van der Waals surface area contributed by atoms with Gasteiger partial charge in [0.25, 0.3) is 0 Å². The van der Waals surface area contributed by atoms with Gasteiger partial charge in [-0.2, -0.15) is 0 Å². The van der Waals surface area contributed by atoms with Gasteiger partial charge in [0.05, 0.1) is 13.2 Å². The van der Waals surface area contributed by atoms with Gasteiger partial charge in [-0.05, 0) is 42.0 Å². The minimum atomic E-state index is 0.186. The Hall–Kier alpha value is -1.07. The van der Waals surface area contributed by atoms with Crippen LogP contribution in [0.2, 0.25) is 0 Å². The summed E-state index contributed by atoms with van der Waals surface area (Å²) < 4.78 is 8.16. The van der Waals surface area contributed by atoms with Crippen molar-refractivity contribution in [3.63, 3.8) is 0 Å². The summed E-state index contributed by atoms with van der Waals surface area (Å²) in [6.45, 7) is 2.07. The van der Waals surface area contributed by atoms with E-state index >= 15 is 0 Å². The second kappa shape index (κ2) is 4.43. The Morgan fingerprint density at radius 1 is 1.56 bits per heavy atom. The molecule has 2 heterocycles. The van der Waals surface area contributed by atoms with Gasteiger partial charge < -0.3 is 10.1 Å². The number of imidazole rings is 1. The Bertz CT molecular complexity index is 509. The lowest BCUT2D eigenvalue weighted by Gasteiger charge is -2.09. The normalized spacial score (nSPS) is 13.0. The van der Waals surface area contributed by atoms with E-state index in [1.807, 2.05) is 29.8 Å². The summed E-state index contributed by atoms with van der Waals surface area (Å²) >= 11 is 3.47. The van der Waals surface area contributed by atoms with Crippen LogP contribution < -0.4 is 10.1 Å². The van der Waals surface area contributed by atoms with Crippen LogP contribution in [0.4, 0.5) is 0 Å². The topological polar surface area (TPSA) is 38.6 Å². The Morgan fingerprint density at radius 3 is 2.94 bits per heavy atom. The zero-order chi connectivity index (χ0) is 11.7. The monoisotopic (exact) mass is 283 g/mol. The summed E-state index contributed by atoms with van der Waals surface area (Å²) in [4.78, 5) is 4.51. The summed E-state index contributed by atoms with van der Waals surface area (Å²) in [7, 11) is 3.58. The second-order valence-corrected chi connectivity index (χ2v) is 4.32. The highest BCUT2D eigenvalue weighted by Gasteiger charge is 2.16. The first-order valence-corrected chi connectivity index (χ1v) is 5.86. The number of hydrogen-bond acceptors (Lipinski definition) is 3. The molecule has 0 fully saturated rings. The zero-order valence-corrected chi connectivity index (χ0v) is 11.1. The minimum Gasteiger partial charge on any atom is -0.494 e. The summed E-state index contributed by atoms with van der Waals surface area (Å²) in [6.07, 6.45) is 1.98. The lowest BCUT2D eigenvalue weighted by Crippen LogP contribution is -2.15. The number of pyridine rings is 1. The first-order valence-electron chi connectivity index (χ1n) is 5.06. The van der Waals surface area contributed by atoms with E-state index in [2.05, 4.69) is 33.2 Å². The maximum atomic E-state index is 5.32. The van der Waals surface area contributed by atoms with Crippen LogP contribution in [0.15, 0.2) is 22.9 Å². The number of nitrogens with one attached hydrogen (secondary N) is 1. The predicted octanol–water partition coefficient (Wildman–Crippen LogP) is 2.39. The van der Waals surface area contributed by atoms with Crippen molar-refractivity contribution >= 4 is 21.4 Å². The molecule has 0 saturated carbocycles. The Balaban J connectivity index is 2.71. The first-order chi connectivity index (χ1) is 7.69. The number of ether oxygens (including phenoxy) is 1. The molecule has 0 bridgehead atoms.